The number of thiophene rings is 1. The van der Waals surface area contributed by atoms with Crippen molar-refractivity contribution in [1.82, 2.24) is 0 Å². The third-order valence-corrected chi connectivity index (χ3v) is 2.52. The molecule has 2 nitrogen and oxygen atoms in total. The number of halogens is 1. The van der Waals surface area contributed by atoms with Crippen molar-refractivity contribution >= 4 is 41.1 Å². The van der Waals surface area contributed by atoms with Crippen LogP contribution in [0.5, 0.6) is 0 Å². The smallest absolute Gasteiger partial charge is 0.328 e. The highest BCUT2D eigenvalue weighted by atomic mass is 35.5. The van der Waals surface area contributed by atoms with Gasteiger partial charge in [-0.15, -0.1) is 22.9 Å². The van der Waals surface area contributed by atoms with Gasteiger partial charge in [0.1, 0.15) is 0 Å². The van der Waals surface area contributed by atoms with Crippen LogP contribution in [0, 0.1) is 0 Å². The predicted octanol–water partition coefficient (Wildman–Crippen LogP) is 3.10. The van der Waals surface area contributed by atoms with Gasteiger partial charge in [-0.25, -0.2) is 4.79 Å². The average Bonchev–Trinajstić information content (AvgIpc) is 2.59. The number of carboxylic acid groups (broad SMARTS) is 1. The predicted molar refractivity (Wildman–Crippen MR) is 60.7 cm³/mol. The maximum absolute atomic E-state index is 10.2. The molecule has 1 aromatic rings. The fourth-order valence-corrected chi connectivity index (χ4v) is 1.74. The number of hydrogen-bond donors (Lipinski definition) is 1. The molecular weight excluding hydrogens is 220 g/mol. The van der Waals surface area contributed by atoms with Gasteiger partial charge < -0.3 is 5.11 Å². The lowest BCUT2D eigenvalue weighted by atomic mass is 10.3. The second kappa shape index (κ2) is 5.62. The Morgan fingerprint density at radius 2 is 2.36 bits per heavy atom. The summed E-state index contributed by atoms with van der Waals surface area (Å²) in [7, 11) is 0. The molecule has 1 N–H and O–H groups in total. The van der Waals surface area contributed by atoms with Crippen LogP contribution in [-0.4, -0.2) is 17.0 Å². The number of allylic oxidation sites excluding steroid dienone is 1. The molecule has 0 bridgehead atoms. The summed E-state index contributed by atoms with van der Waals surface area (Å²) >= 11 is 6.98. The van der Waals surface area contributed by atoms with E-state index >= 15 is 0 Å². The number of carbonyl (C=O) groups is 1. The Labute approximate surface area is 91.1 Å². The average molecular weight is 229 g/mol. The fraction of sp³-hybridized carbons (Fsp3) is 0.100. The van der Waals surface area contributed by atoms with Crippen LogP contribution in [0.2, 0.25) is 0 Å². The number of carboxylic acids is 1. The number of rotatable bonds is 4. The van der Waals surface area contributed by atoms with E-state index in [1.165, 1.54) is 11.3 Å². The highest BCUT2D eigenvalue weighted by Gasteiger charge is 1.94. The van der Waals surface area contributed by atoms with Gasteiger partial charge in [0.05, 0.1) is 0 Å². The largest absolute Gasteiger partial charge is 0.478 e. The third kappa shape index (κ3) is 3.77. The van der Waals surface area contributed by atoms with E-state index in [1.807, 2.05) is 23.6 Å². The highest BCUT2D eigenvalue weighted by Crippen LogP contribution is 2.17. The second-order valence-corrected chi connectivity index (χ2v) is 3.76. The Morgan fingerprint density at radius 3 is 3.00 bits per heavy atom. The minimum atomic E-state index is -0.934. The van der Waals surface area contributed by atoms with Crippen LogP contribution < -0.4 is 0 Å². The van der Waals surface area contributed by atoms with Crippen molar-refractivity contribution in [3.8, 4) is 0 Å². The van der Waals surface area contributed by atoms with Crippen molar-refractivity contribution in [2.75, 3.05) is 5.88 Å². The van der Waals surface area contributed by atoms with Crippen LogP contribution in [0.1, 0.15) is 10.4 Å². The topological polar surface area (TPSA) is 37.3 Å². The van der Waals surface area contributed by atoms with E-state index in [9.17, 15) is 4.79 Å². The van der Waals surface area contributed by atoms with E-state index in [1.54, 1.807) is 6.08 Å². The van der Waals surface area contributed by atoms with Gasteiger partial charge in [0.2, 0.25) is 0 Å². The Hall–Kier alpha value is -1.06. The maximum atomic E-state index is 10.2. The SMILES string of the molecule is O=C(O)/C=C/c1cc(C=CCCl)cs1. The minimum absolute atomic E-state index is 0.482. The lowest BCUT2D eigenvalue weighted by molar-refractivity contribution is -0.131. The molecule has 0 saturated heterocycles. The number of alkyl halides is 1. The van der Waals surface area contributed by atoms with Crippen molar-refractivity contribution in [3.63, 3.8) is 0 Å². The van der Waals surface area contributed by atoms with Crippen LogP contribution in [0.25, 0.3) is 12.2 Å². The van der Waals surface area contributed by atoms with Crippen LogP contribution in [0.4, 0.5) is 0 Å². The monoisotopic (exact) mass is 228 g/mol. The Balaban J connectivity index is 2.68. The molecule has 0 unspecified atom stereocenters. The van der Waals surface area contributed by atoms with Crippen molar-refractivity contribution < 1.29 is 9.90 Å². The zero-order chi connectivity index (χ0) is 10.4. The van der Waals surface area contributed by atoms with Gasteiger partial charge in [-0.1, -0.05) is 12.2 Å². The van der Waals surface area contributed by atoms with E-state index in [-0.39, 0.29) is 0 Å². The van der Waals surface area contributed by atoms with Gasteiger partial charge in [-0.3, -0.25) is 0 Å². The van der Waals surface area contributed by atoms with Gasteiger partial charge >= 0.3 is 5.97 Å². The van der Waals surface area contributed by atoms with Crippen molar-refractivity contribution in [1.29, 1.82) is 0 Å². The summed E-state index contributed by atoms with van der Waals surface area (Å²) in [5.41, 5.74) is 1.04. The van der Waals surface area contributed by atoms with E-state index in [2.05, 4.69) is 0 Å². The van der Waals surface area contributed by atoms with Gasteiger partial charge in [0, 0.05) is 16.8 Å². The molecule has 0 atom stereocenters. The molecule has 0 radical (unpaired) electrons. The number of hydrogen-bond acceptors (Lipinski definition) is 2. The summed E-state index contributed by atoms with van der Waals surface area (Å²) in [5, 5.41) is 10.4. The van der Waals surface area contributed by atoms with Crippen molar-refractivity contribution in [3.05, 3.63) is 34.0 Å². The molecular formula is C10H9ClO2S. The summed E-state index contributed by atoms with van der Waals surface area (Å²) in [4.78, 5) is 11.2. The molecule has 14 heavy (non-hydrogen) atoms. The molecule has 4 heteroatoms. The molecule has 0 spiro atoms. The van der Waals surface area contributed by atoms with E-state index in [0.29, 0.717) is 5.88 Å². The van der Waals surface area contributed by atoms with E-state index < -0.39 is 5.97 Å². The first-order valence-corrected chi connectivity index (χ1v) is 5.36. The first kappa shape index (κ1) is 11.0. The Kier molecular flexibility index (Phi) is 4.43. The molecule has 0 aliphatic heterocycles. The van der Waals surface area contributed by atoms with Gasteiger partial charge in [-0.05, 0) is 23.1 Å². The molecule has 1 rings (SSSR count). The zero-order valence-corrected chi connectivity index (χ0v) is 8.89. The molecule has 1 aromatic heterocycles. The Morgan fingerprint density at radius 1 is 1.57 bits per heavy atom. The maximum Gasteiger partial charge on any atom is 0.328 e. The molecule has 0 aliphatic rings. The lowest BCUT2D eigenvalue weighted by Gasteiger charge is -1.81. The van der Waals surface area contributed by atoms with Crippen LogP contribution in [-0.2, 0) is 4.79 Å². The van der Waals surface area contributed by atoms with E-state index in [0.717, 1.165) is 16.5 Å². The first-order chi connectivity index (χ1) is 6.72. The zero-order valence-electron chi connectivity index (χ0n) is 7.31. The summed E-state index contributed by atoms with van der Waals surface area (Å²) in [5.74, 6) is -0.452. The normalized spacial score (nSPS) is 11.5. The van der Waals surface area contributed by atoms with Crippen LogP contribution in [0.3, 0.4) is 0 Å². The molecule has 1 heterocycles. The van der Waals surface area contributed by atoms with Gasteiger partial charge in [0.25, 0.3) is 0 Å². The highest BCUT2D eigenvalue weighted by molar-refractivity contribution is 7.11. The summed E-state index contributed by atoms with van der Waals surface area (Å²) < 4.78 is 0. The second-order valence-electron chi connectivity index (χ2n) is 2.51. The molecule has 0 aliphatic carbocycles. The molecule has 0 fully saturated rings. The standard InChI is InChI=1S/C10H9ClO2S/c11-5-1-2-8-6-9(14-7-8)3-4-10(12)13/h1-4,6-7H,5H2,(H,12,13)/b2-1?,4-3+. The quantitative estimate of drug-likeness (QED) is 0.635. The summed E-state index contributed by atoms with van der Waals surface area (Å²) in [6.45, 7) is 0. The van der Waals surface area contributed by atoms with E-state index in [4.69, 9.17) is 16.7 Å². The fourth-order valence-electron chi connectivity index (χ4n) is 0.877. The summed E-state index contributed by atoms with van der Waals surface area (Å²) in [6.07, 6.45) is 6.45. The van der Waals surface area contributed by atoms with Gasteiger partial charge in [-0.2, -0.15) is 0 Å². The molecule has 74 valence electrons. The first-order valence-electron chi connectivity index (χ1n) is 3.94. The third-order valence-electron chi connectivity index (χ3n) is 1.43. The van der Waals surface area contributed by atoms with Crippen molar-refractivity contribution in [2.45, 2.75) is 0 Å². The van der Waals surface area contributed by atoms with Crippen molar-refractivity contribution in [2.24, 2.45) is 0 Å². The number of aliphatic carboxylic acids is 1. The Bertz CT molecular complexity index is 366. The minimum Gasteiger partial charge on any atom is -0.478 e. The lowest BCUT2D eigenvalue weighted by Crippen LogP contribution is -1.84. The summed E-state index contributed by atoms with van der Waals surface area (Å²) in [6, 6.07) is 1.91. The molecule has 0 aromatic carbocycles. The van der Waals surface area contributed by atoms with Crippen LogP contribution >= 0.6 is 22.9 Å². The molecule has 0 amide bonds. The van der Waals surface area contributed by atoms with Crippen LogP contribution in [0.15, 0.2) is 23.6 Å². The molecule has 0 saturated carbocycles. The van der Waals surface area contributed by atoms with Gasteiger partial charge in [0.15, 0.2) is 0 Å².